The number of methoxy groups -OCH3 is 1. The van der Waals surface area contributed by atoms with Crippen molar-refractivity contribution in [3.63, 3.8) is 0 Å². The number of aromatic nitrogens is 4. The molecule has 0 aromatic carbocycles. The lowest BCUT2D eigenvalue weighted by atomic mass is 9.79. The quantitative estimate of drug-likeness (QED) is 0.537. The first-order chi connectivity index (χ1) is 15.1. The molecule has 1 aliphatic rings. The largest absolute Gasteiger partial charge is 0.382 e. The molecule has 1 amide bonds. The van der Waals surface area contributed by atoms with Crippen molar-refractivity contribution in [1.29, 1.82) is 0 Å². The number of nitrogens with zero attached hydrogens (tertiary/aromatic N) is 4. The third-order valence-corrected chi connectivity index (χ3v) is 6.51. The van der Waals surface area contributed by atoms with Crippen LogP contribution in [0.4, 0.5) is 0 Å². The average Bonchev–Trinajstić information content (AvgIpc) is 3.46. The Kier molecular flexibility index (Phi) is 6.74. The standard InChI is InChI=1S/C22H27N5O3S/c1-27-12-15(10-25-27)17-9-18(19-11-24-13-31-19)26-21(22(23)28)20(17)14-3-5-16(6-4-14)30-8-7-29-2/h9-14,16H,3-8H2,1-2H3,(H2,23,28). The number of ether oxygens (including phenoxy) is 2. The first-order valence-electron chi connectivity index (χ1n) is 10.4. The number of aryl methyl sites for hydroxylation is 1. The Balaban J connectivity index is 1.71. The van der Waals surface area contributed by atoms with E-state index < -0.39 is 5.91 Å². The van der Waals surface area contributed by atoms with Crippen LogP contribution < -0.4 is 5.73 Å². The lowest BCUT2D eigenvalue weighted by Crippen LogP contribution is -2.25. The van der Waals surface area contributed by atoms with Crippen molar-refractivity contribution in [2.24, 2.45) is 12.8 Å². The first kappa shape index (κ1) is 21.6. The number of pyridine rings is 1. The molecule has 0 atom stereocenters. The predicted octanol–water partition coefficient (Wildman–Crippen LogP) is 3.39. The summed E-state index contributed by atoms with van der Waals surface area (Å²) in [6, 6.07) is 2.04. The molecular formula is C22H27N5O3S. The van der Waals surface area contributed by atoms with Crippen LogP contribution in [0.3, 0.4) is 0 Å². The van der Waals surface area contributed by atoms with Gasteiger partial charge in [-0.05, 0) is 48.8 Å². The number of amides is 1. The van der Waals surface area contributed by atoms with Crippen molar-refractivity contribution in [2.45, 2.75) is 37.7 Å². The fraction of sp³-hybridized carbons (Fsp3) is 0.455. The molecule has 3 aromatic rings. The van der Waals surface area contributed by atoms with E-state index in [9.17, 15) is 4.79 Å². The van der Waals surface area contributed by atoms with Gasteiger partial charge in [0.1, 0.15) is 5.69 Å². The Morgan fingerprint density at radius 1 is 1.26 bits per heavy atom. The van der Waals surface area contributed by atoms with Crippen molar-refractivity contribution in [3.05, 3.63) is 41.4 Å². The van der Waals surface area contributed by atoms with E-state index in [-0.39, 0.29) is 12.0 Å². The van der Waals surface area contributed by atoms with E-state index in [0.717, 1.165) is 47.3 Å². The summed E-state index contributed by atoms with van der Waals surface area (Å²) in [5.41, 5.74) is 11.5. The van der Waals surface area contributed by atoms with E-state index in [2.05, 4.69) is 15.1 Å². The van der Waals surface area contributed by atoms with Crippen molar-refractivity contribution < 1.29 is 14.3 Å². The molecule has 9 heteroatoms. The van der Waals surface area contributed by atoms with Crippen LogP contribution in [0.1, 0.15) is 47.7 Å². The molecule has 31 heavy (non-hydrogen) atoms. The fourth-order valence-corrected chi connectivity index (χ4v) is 4.82. The van der Waals surface area contributed by atoms with Crippen molar-refractivity contribution >= 4 is 17.2 Å². The van der Waals surface area contributed by atoms with Gasteiger partial charge in [0, 0.05) is 32.1 Å². The van der Waals surface area contributed by atoms with E-state index in [0.29, 0.717) is 24.6 Å². The molecule has 3 heterocycles. The monoisotopic (exact) mass is 441 g/mol. The van der Waals surface area contributed by atoms with Crippen molar-refractivity contribution in [3.8, 4) is 21.7 Å². The van der Waals surface area contributed by atoms with Gasteiger partial charge in [-0.1, -0.05) is 0 Å². The van der Waals surface area contributed by atoms with E-state index in [1.54, 1.807) is 23.5 Å². The second kappa shape index (κ2) is 9.67. The van der Waals surface area contributed by atoms with Crippen LogP contribution in [-0.2, 0) is 16.5 Å². The number of nitrogens with two attached hydrogens (primary N) is 1. The van der Waals surface area contributed by atoms with Crippen LogP contribution in [0.15, 0.2) is 30.2 Å². The predicted molar refractivity (Wildman–Crippen MR) is 119 cm³/mol. The van der Waals surface area contributed by atoms with Crippen LogP contribution in [0, 0.1) is 0 Å². The highest BCUT2D eigenvalue weighted by Gasteiger charge is 2.30. The van der Waals surface area contributed by atoms with Gasteiger partial charge < -0.3 is 15.2 Å². The molecule has 8 nitrogen and oxygen atoms in total. The summed E-state index contributed by atoms with van der Waals surface area (Å²) in [6.07, 6.45) is 9.42. The summed E-state index contributed by atoms with van der Waals surface area (Å²) in [5.74, 6) is -0.326. The van der Waals surface area contributed by atoms with Gasteiger partial charge in [-0.15, -0.1) is 11.3 Å². The second-order valence-corrected chi connectivity index (χ2v) is 8.67. The SMILES string of the molecule is COCCOC1CCC(c2c(-c3cnn(C)c3)cc(-c3cncs3)nc2C(N)=O)CC1. The van der Waals surface area contributed by atoms with Crippen LogP contribution in [0.2, 0.25) is 0 Å². The Morgan fingerprint density at radius 3 is 2.68 bits per heavy atom. The maximum absolute atomic E-state index is 12.5. The fourth-order valence-electron chi connectivity index (χ4n) is 4.24. The molecule has 1 saturated carbocycles. The van der Waals surface area contributed by atoms with Gasteiger partial charge in [0.15, 0.2) is 0 Å². The Labute approximate surface area is 185 Å². The van der Waals surface area contributed by atoms with E-state index in [1.807, 2.05) is 25.5 Å². The molecule has 1 aliphatic carbocycles. The second-order valence-electron chi connectivity index (χ2n) is 7.79. The number of carbonyl (C=O) groups is 1. The van der Waals surface area contributed by atoms with Crippen LogP contribution >= 0.6 is 11.3 Å². The van der Waals surface area contributed by atoms with Gasteiger partial charge in [0.2, 0.25) is 0 Å². The third kappa shape index (κ3) is 4.84. The van der Waals surface area contributed by atoms with Gasteiger partial charge >= 0.3 is 0 Å². The Hall–Kier alpha value is -2.62. The Bertz CT molecular complexity index is 1030. The third-order valence-electron chi connectivity index (χ3n) is 5.72. The van der Waals surface area contributed by atoms with Crippen molar-refractivity contribution in [1.82, 2.24) is 19.7 Å². The summed E-state index contributed by atoms with van der Waals surface area (Å²) in [5, 5.41) is 4.34. The number of hydrogen-bond acceptors (Lipinski definition) is 7. The maximum atomic E-state index is 12.5. The highest BCUT2D eigenvalue weighted by Crippen LogP contribution is 2.42. The summed E-state index contributed by atoms with van der Waals surface area (Å²) in [4.78, 5) is 22.2. The summed E-state index contributed by atoms with van der Waals surface area (Å²) >= 11 is 1.48. The zero-order valence-corrected chi connectivity index (χ0v) is 18.6. The minimum atomic E-state index is -0.509. The summed E-state index contributed by atoms with van der Waals surface area (Å²) in [6.45, 7) is 1.20. The molecule has 164 valence electrons. The van der Waals surface area contributed by atoms with Crippen LogP contribution in [0.5, 0.6) is 0 Å². The number of hydrogen-bond donors (Lipinski definition) is 1. The summed E-state index contributed by atoms with van der Waals surface area (Å²) in [7, 11) is 3.56. The minimum absolute atomic E-state index is 0.183. The van der Waals surface area contributed by atoms with Crippen LogP contribution in [-0.4, -0.2) is 52.1 Å². The molecule has 3 aromatic heterocycles. The number of primary amides is 1. The number of rotatable bonds is 8. The molecule has 0 spiro atoms. The maximum Gasteiger partial charge on any atom is 0.267 e. The molecule has 0 bridgehead atoms. The van der Waals surface area contributed by atoms with Crippen molar-refractivity contribution in [2.75, 3.05) is 20.3 Å². The van der Waals surface area contributed by atoms with Gasteiger partial charge in [0.25, 0.3) is 5.91 Å². The zero-order chi connectivity index (χ0) is 21.8. The lowest BCUT2D eigenvalue weighted by Gasteiger charge is -2.30. The normalized spacial score (nSPS) is 18.9. The van der Waals surface area contributed by atoms with Gasteiger partial charge in [-0.2, -0.15) is 5.10 Å². The topological polar surface area (TPSA) is 105 Å². The average molecular weight is 442 g/mol. The summed E-state index contributed by atoms with van der Waals surface area (Å²) < 4.78 is 12.8. The zero-order valence-electron chi connectivity index (χ0n) is 17.8. The first-order valence-corrected chi connectivity index (χ1v) is 11.3. The van der Waals surface area contributed by atoms with E-state index in [4.69, 9.17) is 15.2 Å². The van der Waals surface area contributed by atoms with Gasteiger partial charge in [-0.3, -0.25) is 14.5 Å². The molecular weight excluding hydrogens is 414 g/mol. The lowest BCUT2D eigenvalue weighted by molar-refractivity contribution is -0.00281. The number of thiazole rings is 1. The van der Waals surface area contributed by atoms with Crippen LogP contribution in [0.25, 0.3) is 21.7 Å². The smallest absolute Gasteiger partial charge is 0.267 e. The van der Waals surface area contributed by atoms with Gasteiger partial charge in [-0.25, -0.2) is 4.98 Å². The Morgan fingerprint density at radius 2 is 2.06 bits per heavy atom. The number of carbonyl (C=O) groups excluding carboxylic acids is 1. The van der Waals surface area contributed by atoms with E-state index in [1.165, 1.54) is 11.3 Å². The molecule has 2 N–H and O–H groups in total. The molecule has 0 saturated heterocycles. The van der Waals surface area contributed by atoms with Gasteiger partial charge in [0.05, 0.1) is 41.6 Å². The molecule has 0 unspecified atom stereocenters. The van der Waals surface area contributed by atoms with E-state index >= 15 is 0 Å². The molecule has 0 radical (unpaired) electrons. The molecule has 0 aliphatic heterocycles. The molecule has 1 fully saturated rings. The highest BCUT2D eigenvalue weighted by atomic mass is 32.1. The minimum Gasteiger partial charge on any atom is -0.382 e. The molecule has 4 rings (SSSR count). The highest BCUT2D eigenvalue weighted by molar-refractivity contribution is 7.13.